The molecule has 0 saturated heterocycles. The van der Waals surface area contributed by atoms with Crippen molar-refractivity contribution in [1.82, 2.24) is 14.2 Å². The topological polar surface area (TPSA) is 54.3 Å². The van der Waals surface area contributed by atoms with Crippen molar-refractivity contribution in [3.8, 4) is 0 Å². The lowest BCUT2D eigenvalue weighted by atomic mass is 10.1. The van der Waals surface area contributed by atoms with E-state index >= 15 is 0 Å². The summed E-state index contributed by atoms with van der Waals surface area (Å²) in [6, 6.07) is 21.1. The highest BCUT2D eigenvalue weighted by molar-refractivity contribution is 7.89. The molecule has 0 radical (unpaired) electrons. The SMILES string of the molecule is CN(C)C(CNS(=O)(=O)c1ccc2ccccc2c1)c1cn(C)c2ccccc12. The van der Waals surface area contributed by atoms with Gasteiger partial charge in [0.05, 0.1) is 4.90 Å². The second kappa shape index (κ2) is 7.63. The smallest absolute Gasteiger partial charge is 0.240 e. The van der Waals surface area contributed by atoms with Crippen LogP contribution in [0.1, 0.15) is 11.6 Å². The molecule has 1 atom stereocenters. The molecule has 0 bridgehead atoms. The normalized spacial score (nSPS) is 13.4. The maximum atomic E-state index is 13.0. The predicted molar refractivity (Wildman–Crippen MR) is 118 cm³/mol. The van der Waals surface area contributed by atoms with E-state index in [1.165, 1.54) is 0 Å². The zero-order valence-corrected chi connectivity index (χ0v) is 17.6. The molecule has 0 amide bonds. The molecular weight excluding hydrogens is 382 g/mol. The first kappa shape index (κ1) is 19.6. The molecule has 150 valence electrons. The number of fused-ring (bicyclic) bond motifs is 2. The van der Waals surface area contributed by atoms with Gasteiger partial charge in [0.1, 0.15) is 0 Å². The Morgan fingerprint density at radius 1 is 0.966 bits per heavy atom. The van der Waals surface area contributed by atoms with E-state index in [9.17, 15) is 8.42 Å². The van der Waals surface area contributed by atoms with Crippen molar-refractivity contribution in [2.24, 2.45) is 7.05 Å². The Morgan fingerprint density at radius 3 is 2.41 bits per heavy atom. The van der Waals surface area contributed by atoms with Crippen LogP contribution in [0.15, 0.2) is 77.8 Å². The zero-order valence-electron chi connectivity index (χ0n) is 16.8. The van der Waals surface area contributed by atoms with Gasteiger partial charge in [0.25, 0.3) is 0 Å². The van der Waals surface area contributed by atoms with Crippen molar-refractivity contribution >= 4 is 31.7 Å². The molecule has 0 aliphatic heterocycles. The molecule has 29 heavy (non-hydrogen) atoms. The van der Waals surface area contributed by atoms with Crippen molar-refractivity contribution in [3.63, 3.8) is 0 Å². The second-order valence-corrected chi connectivity index (χ2v) is 9.32. The Kier molecular flexibility index (Phi) is 5.17. The lowest BCUT2D eigenvalue weighted by Gasteiger charge is -2.24. The van der Waals surface area contributed by atoms with E-state index in [4.69, 9.17) is 0 Å². The average Bonchev–Trinajstić information content (AvgIpc) is 3.04. The van der Waals surface area contributed by atoms with E-state index in [0.29, 0.717) is 0 Å². The molecule has 1 aromatic heterocycles. The van der Waals surface area contributed by atoms with Crippen LogP contribution in [-0.2, 0) is 17.1 Å². The molecule has 1 heterocycles. The lowest BCUT2D eigenvalue weighted by Crippen LogP contribution is -2.34. The molecule has 0 aliphatic carbocycles. The van der Waals surface area contributed by atoms with Crippen LogP contribution in [-0.4, -0.2) is 38.5 Å². The van der Waals surface area contributed by atoms with Crippen LogP contribution in [0.4, 0.5) is 0 Å². The van der Waals surface area contributed by atoms with Crippen LogP contribution in [0.25, 0.3) is 21.7 Å². The van der Waals surface area contributed by atoms with Crippen molar-refractivity contribution in [3.05, 3.63) is 78.5 Å². The summed E-state index contributed by atoms with van der Waals surface area (Å²) in [6.45, 7) is 0.288. The maximum absolute atomic E-state index is 13.0. The third-order valence-corrected chi connectivity index (χ3v) is 6.83. The van der Waals surface area contributed by atoms with Crippen LogP contribution in [0.3, 0.4) is 0 Å². The highest BCUT2D eigenvalue weighted by atomic mass is 32.2. The minimum absolute atomic E-state index is 0.0867. The van der Waals surface area contributed by atoms with E-state index in [2.05, 4.69) is 27.6 Å². The van der Waals surface area contributed by atoms with Gasteiger partial charge in [0.15, 0.2) is 0 Å². The number of nitrogens with zero attached hydrogens (tertiary/aromatic N) is 2. The monoisotopic (exact) mass is 407 g/mol. The minimum Gasteiger partial charge on any atom is -0.350 e. The summed E-state index contributed by atoms with van der Waals surface area (Å²) in [7, 11) is 2.33. The van der Waals surface area contributed by atoms with Gasteiger partial charge in [-0.15, -0.1) is 0 Å². The molecule has 3 aromatic carbocycles. The summed E-state index contributed by atoms with van der Waals surface area (Å²) in [5, 5.41) is 3.07. The summed E-state index contributed by atoms with van der Waals surface area (Å²) >= 11 is 0. The number of likely N-dealkylation sites (N-methyl/N-ethyl adjacent to an activating group) is 1. The molecule has 0 aliphatic rings. The third-order valence-electron chi connectivity index (χ3n) is 5.41. The molecule has 4 rings (SSSR count). The van der Waals surface area contributed by atoms with Crippen molar-refractivity contribution < 1.29 is 8.42 Å². The summed E-state index contributed by atoms with van der Waals surface area (Å²) in [5.74, 6) is 0. The Hall–Kier alpha value is -2.67. The van der Waals surface area contributed by atoms with Crippen LogP contribution >= 0.6 is 0 Å². The predicted octanol–water partition coefficient (Wildman–Crippen LogP) is 3.91. The third kappa shape index (κ3) is 3.79. The standard InChI is InChI=1S/C23H25N3O2S/c1-25(2)23(21-16-26(3)22-11-7-6-10-20(21)22)15-24-29(27,28)19-13-12-17-8-4-5-9-18(17)14-19/h4-14,16,23-24H,15H2,1-3H3. The molecule has 0 spiro atoms. The number of rotatable bonds is 6. The van der Waals surface area contributed by atoms with E-state index in [1.807, 2.05) is 68.5 Å². The highest BCUT2D eigenvalue weighted by Gasteiger charge is 2.22. The maximum Gasteiger partial charge on any atom is 0.240 e. The quantitative estimate of drug-likeness (QED) is 0.527. The van der Waals surface area contributed by atoms with Gasteiger partial charge in [-0.3, -0.25) is 0 Å². The Balaban J connectivity index is 1.63. The fraction of sp³-hybridized carbons (Fsp3) is 0.217. The molecular formula is C23H25N3O2S. The van der Waals surface area contributed by atoms with Gasteiger partial charge in [0.2, 0.25) is 10.0 Å². The average molecular weight is 408 g/mol. The number of sulfonamides is 1. The number of nitrogens with one attached hydrogen (secondary N) is 1. The molecule has 0 saturated carbocycles. The molecule has 6 heteroatoms. The number of aromatic nitrogens is 1. The van der Waals surface area contributed by atoms with Gasteiger partial charge in [-0.1, -0.05) is 48.5 Å². The number of para-hydroxylation sites is 1. The molecule has 4 aromatic rings. The largest absolute Gasteiger partial charge is 0.350 e. The lowest BCUT2D eigenvalue weighted by molar-refractivity contribution is 0.301. The van der Waals surface area contributed by atoms with Crippen LogP contribution in [0.5, 0.6) is 0 Å². The second-order valence-electron chi connectivity index (χ2n) is 7.55. The first-order chi connectivity index (χ1) is 13.9. The highest BCUT2D eigenvalue weighted by Crippen LogP contribution is 2.28. The van der Waals surface area contributed by atoms with Crippen molar-refractivity contribution in [2.45, 2.75) is 10.9 Å². The van der Waals surface area contributed by atoms with Gasteiger partial charge in [-0.05, 0) is 48.6 Å². The van der Waals surface area contributed by atoms with Gasteiger partial charge in [0, 0.05) is 36.7 Å². The summed E-state index contributed by atoms with van der Waals surface area (Å²) in [6.07, 6.45) is 2.08. The fourth-order valence-electron chi connectivity index (χ4n) is 3.82. The van der Waals surface area contributed by atoms with Crippen LogP contribution in [0.2, 0.25) is 0 Å². The molecule has 5 nitrogen and oxygen atoms in total. The zero-order chi connectivity index (χ0) is 20.6. The summed E-state index contributed by atoms with van der Waals surface area (Å²) in [4.78, 5) is 2.33. The Bertz CT molecular complexity index is 1280. The first-order valence-electron chi connectivity index (χ1n) is 9.56. The Morgan fingerprint density at radius 2 is 1.66 bits per heavy atom. The molecule has 1 unspecified atom stereocenters. The summed E-state index contributed by atoms with van der Waals surface area (Å²) < 4.78 is 30.8. The van der Waals surface area contributed by atoms with E-state index < -0.39 is 10.0 Å². The molecule has 1 N–H and O–H groups in total. The molecule has 0 fully saturated rings. The number of benzene rings is 3. The van der Waals surface area contributed by atoms with Crippen molar-refractivity contribution in [2.75, 3.05) is 20.6 Å². The van der Waals surface area contributed by atoms with Gasteiger partial charge in [-0.2, -0.15) is 0 Å². The van der Waals surface area contributed by atoms with Gasteiger partial charge >= 0.3 is 0 Å². The van der Waals surface area contributed by atoms with E-state index in [0.717, 1.165) is 27.2 Å². The minimum atomic E-state index is -3.62. The number of aryl methyl sites for hydroxylation is 1. The van der Waals surface area contributed by atoms with Gasteiger partial charge in [-0.25, -0.2) is 13.1 Å². The van der Waals surface area contributed by atoms with Crippen LogP contribution < -0.4 is 4.72 Å². The van der Waals surface area contributed by atoms with Crippen molar-refractivity contribution in [1.29, 1.82) is 0 Å². The fourth-order valence-corrected chi connectivity index (χ4v) is 4.89. The van der Waals surface area contributed by atoms with E-state index in [1.54, 1.807) is 12.1 Å². The number of hydrogen-bond acceptors (Lipinski definition) is 3. The number of hydrogen-bond donors (Lipinski definition) is 1. The van der Waals surface area contributed by atoms with E-state index in [-0.39, 0.29) is 17.5 Å². The van der Waals surface area contributed by atoms with Gasteiger partial charge < -0.3 is 9.47 Å². The Labute approximate surface area is 171 Å². The van der Waals surface area contributed by atoms with Crippen LogP contribution in [0, 0.1) is 0 Å². The summed E-state index contributed by atoms with van der Waals surface area (Å²) in [5.41, 5.74) is 2.24. The first-order valence-corrected chi connectivity index (χ1v) is 11.0.